The lowest BCUT2D eigenvalue weighted by Crippen LogP contribution is -2.29. The van der Waals surface area contributed by atoms with Gasteiger partial charge in [0.2, 0.25) is 0 Å². The summed E-state index contributed by atoms with van der Waals surface area (Å²) in [6.07, 6.45) is 3.11. The van der Waals surface area contributed by atoms with Gasteiger partial charge in [-0.15, -0.1) is 0 Å². The third kappa shape index (κ3) is 9.96. The molecule has 14 heavy (non-hydrogen) atoms. The topological polar surface area (TPSA) is 26.7 Å². The Morgan fingerprint density at radius 3 is 2.14 bits per heavy atom. The molecule has 3 nitrogen and oxygen atoms in total. The minimum absolute atomic E-state index is 0.137. The molecular formula is C11H26N2O. The van der Waals surface area contributed by atoms with Gasteiger partial charge in [0, 0.05) is 13.1 Å². The van der Waals surface area contributed by atoms with Crippen LogP contribution in [-0.4, -0.2) is 61.8 Å². The Balaban J connectivity index is 3.22. The van der Waals surface area contributed by atoms with Gasteiger partial charge in [0.05, 0.1) is 6.10 Å². The lowest BCUT2D eigenvalue weighted by molar-refractivity contribution is 0.177. The summed E-state index contributed by atoms with van der Waals surface area (Å²) in [6, 6.07) is 0. The van der Waals surface area contributed by atoms with Gasteiger partial charge in [-0.25, -0.2) is 0 Å². The molecule has 86 valence electrons. The predicted octanol–water partition coefficient (Wildman–Crippen LogP) is 1.03. The van der Waals surface area contributed by atoms with Crippen molar-refractivity contribution >= 4 is 0 Å². The molecule has 0 aromatic heterocycles. The molecule has 0 bridgehead atoms. The Hall–Kier alpha value is -0.120. The van der Waals surface area contributed by atoms with E-state index in [0.29, 0.717) is 0 Å². The number of unbranched alkanes of at least 4 members (excludes halogenated alkanes) is 1. The maximum atomic E-state index is 9.07. The first kappa shape index (κ1) is 13.9. The van der Waals surface area contributed by atoms with E-state index in [1.807, 2.05) is 6.92 Å². The summed E-state index contributed by atoms with van der Waals surface area (Å²) in [5, 5.41) is 9.07. The zero-order valence-corrected chi connectivity index (χ0v) is 10.2. The molecule has 0 saturated carbocycles. The minimum atomic E-state index is -0.137. The first-order valence-electron chi connectivity index (χ1n) is 5.53. The molecule has 0 radical (unpaired) electrons. The molecular weight excluding hydrogens is 176 g/mol. The third-order valence-electron chi connectivity index (χ3n) is 2.34. The van der Waals surface area contributed by atoms with E-state index < -0.39 is 0 Å². The number of hydrogen-bond donors (Lipinski definition) is 1. The zero-order chi connectivity index (χ0) is 11.0. The molecule has 0 heterocycles. The van der Waals surface area contributed by atoms with Gasteiger partial charge in [-0.2, -0.15) is 0 Å². The van der Waals surface area contributed by atoms with Crippen molar-refractivity contribution in [3.8, 4) is 0 Å². The van der Waals surface area contributed by atoms with Crippen LogP contribution in [0.5, 0.6) is 0 Å². The Kier molecular flexibility index (Phi) is 8.14. The summed E-state index contributed by atoms with van der Waals surface area (Å²) < 4.78 is 0. The van der Waals surface area contributed by atoms with Gasteiger partial charge < -0.3 is 14.9 Å². The maximum absolute atomic E-state index is 9.07. The predicted molar refractivity (Wildman–Crippen MR) is 61.6 cm³/mol. The van der Waals surface area contributed by atoms with Crippen molar-refractivity contribution in [3.63, 3.8) is 0 Å². The summed E-state index contributed by atoms with van der Waals surface area (Å²) in [7, 11) is 6.36. The summed E-state index contributed by atoms with van der Waals surface area (Å²) in [5.41, 5.74) is 0. The van der Waals surface area contributed by atoms with Crippen LogP contribution in [0.1, 0.15) is 26.2 Å². The molecule has 1 unspecified atom stereocenters. The number of aliphatic hydroxyl groups is 1. The molecule has 0 amide bonds. The first-order chi connectivity index (χ1) is 6.52. The Labute approximate surface area is 88.7 Å². The first-order valence-corrected chi connectivity index (χ1v) is 5.53. The van der Waals surface area contributed by atoms with Crippen molar-refractivity contribution in [2.45, 2.75) is 32.3 Å². The van der Waals surface area contributed by atoms with Gasteiger partial charge >= 0.3 is 0 Å². The van der Waals surface area contributed by atoms with Crippen LogP contribution in [-0.2, 0) is 0 Å². The van der Waals surface area contributed by atoms with Crippen LogP contribution in [0.15, 0.2) is 0 Å². The highest BCUT2D eigenvalue weighted by molar-refractivity contribution is 4.55. The number of likely N-dealkylation sites (N-methyl/N-ethyl adjacent to an activating group) is 2. The lowest BCUT2D eigenvalue weighted by atomic mass is 10.2. The molecule has 0 saturated heterocycles. The highest BCUT2D eigenvalue weighted by atomic mass is 16.3. The molecule has 0 aromatic rings. The fourth-order valence-corrected chi connectivity index (χ4v) is 1.30. The van der Waals surface area contributed by atoms with Gasteiger partial charge in [-0.3, -0.25) is 0 Å². The van der Waals surface area contributed by atoms with Crippen molar-refractivity contribution in [1.29, 1.82) is 0 Å². The summed E-state index contributed by atoms with van der Waals surface area (Å²) >= 11 is 0. The van der Waals surface area contributed by atoms with E-state index in [1.54, 1.807) is 0 Å². The highest BCUT2D eigenvalue weighted by Crippen LogP contribution is 2.00. The summed E-state index contributed by atoms with van der Waals surface area (Å²) in [5.74, 6) is 0. The minimum Gasteiger partial charge on any atom is -0.393 e. The molecule has 3 heteroatoms. The van der Waals surface area contributed by atoms with Crippen LogP contribution in [0, 0.1) is 0 Å². The van der Waals surface area contributed by atoms with E-state index in [1.165, 1.54) is 6.42 Å². The van der Waals surface area contributed by atoms with Gasteiger partial charge in [0.1, 0.15) is 0 Å². The second-order valence-corrected chi connectivity index (χ2v) is 4.45. The molecule has 1 N–H and O–H groups in total. The van der Waals surface area contributed by atoms with Crippen LogP contribution >= 0.6 is 0 Å². The van der Waals surface area contributed by atoms with Crippen LogP contribution < -0.4 is 0 Å². The third-order valence-corrected chi connectivity index (χ3v) is 2.34. The zero-order valence-electron chi connectivity index (χ0n) is 10.2. The fraction of sp³-hybridized carbons (Fsp3) is 1.00. The largest absolute Gasteiger partial charge is 0.393 e. The lowest BCUT2D eigenvalue weighted by Gasteiger charge is -2.19. The number of rotatable bonds is 8. The number of hydrogen-bond acceptors (Lipinski definition) is 3. The quantitative estimate of drug-likeness (QED) is 0.596. The second kappa shape index (κ2) is 8.21. The van der Waals surface area contributed by atoms with Crippen molar-refractivity contribution in [3.05, 3.63) is 0 Å². The Morgan fingerprint density at radius 2 is 1.64 bits per heavy atom. The monoisotopic (exact) mass is 202 g/mol. The van der Waals surface area contributed by atoms with E-state index in [0.717, 1.165) is 32.5 Å². The summed E-state index contributed by atoms with van der Waals surface area (Å²) in [4.78, 5) is 4.55. The molecule has 1 atom stereocenters. The Morgan fingerprint density at radius 1 is 1.00 bits per heavy atom. The molecule has 0 spiro atoms. The molecule has 0 fully saturated rings. The van der Waals surface area contributed by atoms with Gasteiger partial charge in [0.15, 0.2) is 0 Å². The van der Waals surface area contributed by atoms with E-state index >= 15 is 0 Å². The SMILES string of the molecule is CC(O)CCCCN(C)CCN(C)C. The van der Waals surface area contributed by atoms with E-state index in [4.69, 9.17) is 5.11 Å². The van der Waals surface area contributed by atoms with Crippen LogP contribution in [0.2, 0.25) is 0 Å². The van der Waals surface area contributed by atoms with Crippen molar-refractivity contribution in [1.82, 2.24) is 9.80 Å². The number of aliphatic hydroxyl groups excluding tert-OH is 1. The summed E-state index contributed by atoms with van der Waals surface area (Å²) in [6.45, 7) is 5.24. The average Bonchev–Trinajstić information content (AvgIpc) is 2.08. The van der Waals surface area contributed by atoms with Crippen LogP contribution in [0.4, 0.5) is 0 Å². The molecule has 0 rings (SSSR count). The van der Waals surface area contributed by atoms with Gasteiger partial charge in [0.25, 0.3) is 0 Å². The second-order valence-electron chi connectivity index (χ2n) is 4.45. The molecule has 0 aliphatic heterocycles. The van der Waals surface area contributed by atoms with E-state index in [-0.39, 0.29) is 6.10 Å². The van der Waals surface area contributed by atoms with Crippen molar-refractivity contribution < 1.29 is 5.11 Å². The maximum Gasteiger partial charge on any atom is 0.0512 e. The van der Waals surface area contributed by atoms with Crippen LogP contribution in [0.3, 0.4) is 0 Å². The fourth-order valence-electron chi connectivity index (χ4n) is 1.30. The standard InChI is InChI=1S/C11H26N2O/c1-11(14)7-5-6-8-13(4)10-9-12(2)3/h11,14H,5-10H2,1-4H3. The normalized spacial score (nSPS) is 13.9. The van der Waals surface area contributed by atoms with E-state index in [2.05, 4.69) is 30.9 Å². The molecule has 0 aliphatic rings. The van der Waals surface area contributed by atoms with Crippen molar-refractivity contribution in [2.75, 3.05) is 40.8 Å². The highest BCUT2D eigenvalue weighted by Gasteiger charge is 2.00. The van der Waals surface area contributed by atoms with Crippen LogP contribution in [0.25, 0.3) is 0 Å². The van der Waals surface area contributed by atoms with Gasteiger partial charge in [-0.1, -0.05) is 0 Å². The molecule has 0 aliphatic carbocycles. The average molecular weight is 202 g/mol. The number of nitrogens with zero attached hydrogens (tertiary/aromatic N) is 2. The molecule has 0 aromatic carbocycles. The smallest absolute Gasteiger partial charge is 0.0512 e. The Bertz CT molecular complexity index is 126. The van der Waals surface area contributed by atoms with Gasteiger partial charge in [-0.05, 0) is 53.9 Å². The van der Waals surface area contributed by atoms with Crippen molar-refractivity contribution in [2.24, 2.45) is 0 Å². The van der Waals surface area contributed by atoms with E-state index in [9.17, 15) is 0 Å².